The fourth-order valence-electron chi connectivity index (χ4n) is 1.61. The Balaban J connectivity index is 2.38. The van der Waals surface area contributed by atoms with E-state index >= 15 is 0 Å². The Morgan fingerprint density at radius 1 is 1.28 bits per heavy atom. The zero-order valence-corrected chi connectivity index (χ0v) is 9.42. The molecule has 4 nitrogen and oxygen atoms in total. The van der Waals surface area contributed by atoms with Crippen molar-refractivity contribution in [2.75, 3.05) is 7.11 Å². The molecule has 0 aliphatic heterocycles. The van der Waals surface area contributed by atoms with E-state index in [1.165, 1.54) is 6.07 Å². The number of ketones is 1. The molecule has 2 rings (SSSR count). The predicted octanol–water partition coefficient (Wildman–Crippen LogP) is 2.19. The summed E-state index contributed by atoms with van der Waals surface area (Å²) in [4.78, 5) is 25.1. The Morgan fingerprint density at radius 2 is 2.00 bits per heavy atom. The largest absolute Gasteiger partial charge is 0.469 e. The standard InChI is InChI=1S/C12H9F2NO3/c1-18-12(17)5-11(16)10-4-7-8(14)2-6(13)3-9(7)15-10/h2-4,15H,5H2,1H3. The topological polar surface area (TPSA) is 59.2 Å². The van der Waals surface area contributed by atoms with Gasteiger partial charge in [-0.05, 0) is 12.1 Å². The van der Waals surface area contributed by atoms with Gasteiger partial charge in [-0.1, -0.05) is 0 Å². The van der Waals surface area contributed by atoms with Gasteiger partial charge in [0.05, 0.1) is 18.3 Å². The molecule has 1 aromatic carbocycles. The van der Waals surface area contributed by atoms with Crippen molar-refractivity contribution >= 4 is 22.7 Å². The second kappa shape index (κ2) is 4.56. The molecule has 6 heteroatoms. The molecule has 1 aromatic heterocycles. The summed E-state index contributed by atoms with van der Waals surface area (Å²) in [7, 11) is 1.16. The monoisotopic (exact) mass is 253 g/mol. The Labute approximate surface area is 101 Å². The predicted molar refractivity (Wildman–Crippen MR) is 59.2 cm³/mol. The number of carbonyl (C=O) groups is 2. The van der Waals surface area contributed by atoms with Crippen molar-refractivity contribution in [3.63, 3.8) is 0 Å². The van der Waals surface area contributed by atoms with E-state index in [2.05, 4.69) is 9.72 Å². The van der Waals surface area contributed by atoms with Crippen molar-refractivity contribution in [1.29, 1.82) is 0 Å². The molecule has 0 radical (unpaired) electrons. The fourth-order valence-corrected chi connectivity index (χ4v) is 1.61. The van der Waals surface area contributed by atoms with E-state index in [9.17, 15) is 18.4 Å². The van der Waals surface area contributed by atoms with Gasteiger partial charge in [0.25, 0.3) is 0 Å². The maximum absolute atomic E-state index is 13.4. The number of rotatable bonds is 3. The number of hydrogen-bond donors (Lipinski definition) is 1. The lowest BCUT2D eigenvalue weighted by atomic mass is 10.2. The summed E-state index contributed by atoms with van der Waals surface area (Å²) in [6.07, 6.45) is -0.451. The maximum Gasteiger partial charge on any atom is 0.313 e. The highest BCUT2D eigenvalue weighted by atomic mass is 19.1. The van der Waals surface area contributed by atoms with Crippen molar-refractivity contribution in [2.45, 2.75) is 6.42 Å². The number of benzene rings is 1. The quantitative estimate of drug-likeness (QED) is 0.518. The Bertz CT molecular complexity index is 634. The average molecular weight is 253 g/mol. The smallest absolute Gasteiger partial charge is 0.313 e. The van der Waals surface area contributed by atoms with Crippen LogP contribution in [0.25, 0.3) is 10.9 Å². The average Bonchev–Trinajstić information content (AvgIpc) is 2.72. The van der Waals surface area contributed by atoms with Crippen molar-refractivity contribution in [1.82, 2.24) is 4.98 Å². The molecule has 0 bridgehead atoms. The van der Waals surface area contributed by atoms with Crippen LogP contribution in [0, 0.1) is 11.6 Å². The number of Topliss-reactive ketones (excluding diaryl/α,β-unsaturated/α-hetero) is 1. The van der Waals surface area contributed by atoms with E-state index in [1.54, 1.807) is 0 Å². The number of ether oxygens (including phenoxy) is 1. The molecule has 1 N–H and O–H groups in total. The molecule has 0 aliphatic carbocycles. The van der Waals surface area contributed by atoms with Gasteiger partial charge in [0.2, 0.25) is 0 Å². The molecule has 0 aliphatic rings. The van der Waals surface area contributed by atoms with E-state index in [0.717, 1.165) is 19.2 Å². The molecule has 18 heavy (non-hydrogen) atoms. The third kappa shape index (κ3) is 2.22. The van der Waals surface area contributed by atoms with Crippen LogP contribution < -0.4 is 0 Å². The van der Waals surface area contributed by atoms with Crippen LogP contribution in [-0.2, 0) is 9.53 Å². The summed E-state index contributed by atoms with van der Waals surface area (Å²) in [6.45, 7) is 0. The Kier molecular flexibility index (Phi) is 3.10. The second-order valence-electron chi connectivity index (χ2n) is 3.71. The number of halogens is 2. The lowest BCUT2D eigenvalue weighted by Crippen LogP contribution is -2.09. The van der Waals surface area contributed by atoms with Gasteiger partial charge in [-0.15, -0.1) is 0 Å². The zero-order chi connectivity index (χ0) is 13.3. The van der Waals surface area contributed by atoms with Crippen LogP contribution in [0.15, 0.2) is 18.2 Å². The number of esters is 1. The number of H-pyrrole nitrogens is 1. The molecule has 0 spiro atoms. The highest BCUT2D eigenvalue weighted by Crippen LogP contribution is 2.21. The van der Waals surface area contributed by atoms with Gasteiger partial charge in [0.15, 0.2) is 5.78 Å². The minimum Gasteiger partial charge on any atom is -0.469 e. The SMILES string of the molecule is COC(=O)CC(=O)c1cc2c(F)cc(F)cc2[nH]1. The van der Waals surface area contributed by atoms with E-state index in [1.807, 2.05) is 0 Å². The number of fused-ring (bicyclic) bond motifs is 1. The number of carbonyl (C=O) groups excluding carboxylic acids is 2. The first kappa shape index (κ1) is 12.2. The van der Waals surface area contributed by atoms with Crippen molar-refractivity contribution < 1.29 is 23.1 Å². The molecule has 0 unspecified atom stereocenters. The summed E-state index contributed by atoms with van der Waals surface area (Å²) < 4.78 is 30.7. The van der Waals surface area contributed by atoms with Gasteiger partial charge in [-0.3, -0.25) is 9.59 Å². The number of aromatic amines is 1. The lowest BCUT2D eigenvalue weighted by molar-refractivity contribution is -0.139. The summed E-state index contributed by atoms with van der Waals surface area (Å²) in [5, 5.41) is 0.101. The molecule has 94 valence electrons. The third-order valence-electron chi connectivity index (χ3n) is 2.49. The van der Waals surface area contributed by atoms with Crippen LogP contribution in [0.5, 0.6) is 0 Å². The van der Waals surface area contributed by atoms with E-state index in [0.29, 0.717) is 0 Å². The van der Waals surface area contributed by atoms with E-state index in [4.69, 9.17) is 0 Å². The summed E-state index contributed by atoms with van der Waals surface area (Å²) in [5.41, 5.74) is 0.209. The Hall–Kier alpha value is -2.24. The minimum atomic E-state index is -0.765. The third-order valence-corrected chi connectivity index (χ3v) is 2.49. The van der Waals surface area contributed by atoms with Crippen LogP contribution in [-0.4, -0.2) is 23.8 Å². The molecule has 0 atom stereocenters. The zero-order valence-electron chi connectivity index (χ0n) is 9.42. The van der Waals surface area contributed by atoms with Crippen LogP contribution in [0.3, 0.4) is 0 Å². The van der Waals surface area contributed by atoms with Crippen LogP contribution >= 0.6 is 0 Å². The Morgan fingerprint density at radius 3 is 2.67 bits per heavy atom. The normalized spacial score (nSPS) is 10.6. The molecule has 0 fully saturated rings. The first-order valence-corrected chi connectivity index (χ1v) is 5.09. The van der Waals surface area contributed by atoms with Crippen molar-refractivity contribution in [3.8, 4) is 0 Å². The summed E-state index contributed by atoms with van der Waals surface area (Å²) >= 11 is 0. The summed E-state index contributed by atoms with van der Waals surface area (Å²) in [5.74, 6) is -2.74. The maximum atomic E-state index is 13.4. The van der Waals surface area contributed by atoms with Crippen molar-refractivity contribution in [2.24, 2.45) is 0 Å². The first-order valence-electron chi connectivity index (χ1n) is 5.09. The molecule has 1 heterocycles. The van der Waals surface area contributed by atoms with Gasteiger partial charge in [0.1, 0.15) is 18.1 Å². The molecule has 0 saturated carbocycles. The molecule has 0 saturated heterocycles. The number of methoxy groups -OCH3 is 1. The van der Waals surface area contributed by atoms with E-state index < -0.39 is 29.8 Å². The molecular weight excluding hydrogens is 244 g/mol. The molecule has 2 aromatic rings. The van der Waals surface area contributed by atoms with Crippen LogP contribution in [0.1, 0.15) is 16.9 Å². The fraction of sp³-hybridized carbons (Fsp3) is 0.167. The number of aromatic nitrogens is 1. The van der Waals surface area contributed by atoms with Crippen molar-refractivity contribution in [3.05, 3.63) is 35.5 Å². The minimum absolute atomic E-state index is 0.0416. The van der Waals surface area contributed by atoms with Gasteiger partial charge < -0.3 is 9.72 Å². The molecular formula is C12H9F2NO3. The molecule has 0 amide bonds. The van der Waals surface area contributed by atoms with Gasteiger partial charge >= 0.3 is 5.97 Å². The van der Waals surface area contributed by atoms with Gasteiger partial charge in [0, 0.05) is 11.5 Å². The van der Waals surface area contributed by atoms with Gasteiger partial charge in [-0.25, -0.2) is 8.78 Å². The number of hydrogen-bond acceptors (Lipinski definition) is 3. The first-order chi connectivity index (χ1) is 8.51. The number of nitrogens with one attached hydrogen (secondary N) is 1. The van der Waals surface area contributed by atoms with Gasteiger partial charge in [-0.2, -0.15) is 0 Å². The van der Waals surface area contributed by atoms with Crippen LogP contribution in [0.2, 0.25) is 0 Å². The summed E-state index contributed by atoms with van der Waals surface area (Å²) in [6, 6.07) is 3.05. The van der Waals surface area contributed by atoms with Crippen LogP contribution in [0.4, 0.5) is 8.78 Å². The lowest BCUT2D eigenvalue weighted by Gasteiger charge is -1.96. The van der Waals surface area contributed by atoms with E-state index in [-0.39, 0.29) is 16.6 Å². The second-order valence-corrected chi connectivity index (χ2v) is 3.71. The highest BCUT2D eigenvalue weighted by molar-refractivity contribution is 6.07. The highest BCUT2D eigenvalue weighted by Gasteiger charge is 2.16.